The van der Waals surface area contributed by atoms with Crippen molar-refractivity contribution in [1.29, 1.82) is 0 Å². The molecule has 0 fully saturated rings. The number of amides is 1. The second-order valence-corrected chi connectivity index (χ2v) is 1.83. The molecule has 0 spiro atoms. The van der Waals surface area contributed by atoms with Gasteiger partial charge >= 0.3 is 11.6 Å². The van der Waals surface area contributed by atoms with Gasteiger partial charge in [-0.1, -0.05) is 5.10 Å². The van der Waals surface area contributed by atoms with Crippen LogP contribution in [-0.2, 0) is 0 Å². The molecule has 1 rings (SSSR count). The summed E-state index contributed by atoms with van der Waals surface area (Å²) in [6.07, 6.45) is 0. The Morgan fingerprint density at radius 2 is 2.75 bits per heavy atom. The largest absolute Gasteiger partial charge is 0.360 e. The minimum Gasteiger partial charge on any atom is -0.360 e. The maximum absolute atomic E-state index is 10.2. The van der Waals surface area contributed by atoms with Gasteiger partial charge in [-0.15, -0.1) is 0 Å². The summed E-state index contributed by atoms with van der Waals surface area (Å²) < 4.78 is 3.56. The van der Waals surface area contributed by atoms with Crippen molar-refractivity contribution in [2.24, 2.45) is 5.73 Å². The van der Waals surface area contributed by atoms with Gasteiger partial charge in [-0.25, -0.2) is 0 Å². The van der Waals surface area contributed by atoms with Crippen molar-refractivity contribution in [2.75, 3.05) is 0 Å². The summed E-state index contributed by atoms with van der Waals surface area (Å²) in [6, 6.07) is 0. The molecule has 0 unspecified atom stereocenters. The van der Waals surface area contributed by atoms with Crippen molar-refractivity contribution in [3.8, 4) is 0 Å². The first kappa shape index (κ1) is 5.17. The van der Waals surface area contributed by atoms with Gasteiger partial charge < -0.3 is 5.73 Å². The zero-order valence-electron chi connectivity index (χ0n) is 3.92. The van der Waals surface area contributed by atoms with Gasteiger partial charge in [0.05, 0.1) is 9.87 Å². The quantitative estimate of drug-likeness (QED) is 0.532. The van der Waals surface area contributed by atoms with E-state index in [1.165, 1.54) is 0 Å². The van der Waals surface area contributed by atoms with E-state index < -0.39 is 5.91 Å². The lowest BCUT2D eigenvalue weighted by molar-refractivity contribution is -0.446. The summed E-state index contributed by atoms with van der Waals surface area (Å²) in [4.78, 5) is 10.2. The van der Waals surface area contributed by atoms with E-state index in [9.17, 15) is 4.79 Å². The number of hydrogen-bond acceptors (Lipinski definition) is 3. The number of carbonyl (C=O) groups excluding carboxylic acids is 1. The predicted molar refractivity (Wildman–Crippen MR) is 27.2 cm³/mol. The Morgan fingerprint density at radius 3 is 3.00 bits per heavy atom. The van der Waals surface area contributed by atoms with Crippen LogP contribution >= 0.6 is 11.5 Å². The van der Waals surface area contributed by atoms with E-state index in [0.717, 1.165) is 11.5 Å². The van der Waals surface area contributed by atoms with Crippen LogP contribution in [-0.4, -0.2) is 10.4 Å². The van der Waals surface area contributed by atoms with E-state index in [-0.39, 0.29) is 0 Å². The van der Waals surface area contributed by atoms with Gasteiger partial charge in [-0.3, -0.25) is 4.79 Å². The molecule has 1 amide bonds. The van der Waals surface area contributed by atoms with Crippen molar-refractivity contribution in [3.05, 3.63) is 11.1 Å². The van der Waals surface area contributed by atoms with Crippen LogP contribution in [0.2, 0.25) is 0 Å². The summed E-state index contributed by atoms with van der Waals surface area (Å²) in [5.41, 5.74) is 5.21. The molecule has 1 heterocycles. The molecule has 0 aromatic carbocycles. The fraction of sp³-hybridized carbons (Fsp3) is 0. The molecule has 42 valence electrons. The Hall–Kier alpha value is -0.970. The fourth-order valence-corrected chi connectivity index (χ4v) is 0.772. The van der Waals surface area contributed by atoms with Gasteiger partial charge in [-0.2, -0.15) is 0 Å². The van der Waals surface area contributed by atoms with Crippen LogP contribution < -0.4 is 10.8 Å². The monoisotopic (exact) mass is 130 g/mol. The third-order valence-corrected chi connectivity index (χ3v) is 1.19. The maximum atomic E-state index is 10.2. The molecule has 0 aliphatic heterocycles. The van der Waals surface area contributed by atoms with Gasteiger partial charge in [0.2, 0.25) is 0 Å². The highest BCUT2D eigenvalue weighted by Crippen LogP contribution is 1.88. The SMILES string of the molecule is NC(=O)c1csn[nH+]1. The number of nitrogens with one attached hydrogen (secondary N) is 1. The maximum Gasteiger partial charge on any atom is 0.316 e. The number of nitrogens with two attached hydrogens (primary N) is 1. The normalized spacial score (nSPS) is 9.00. The topological polar surface area (TPSA) is 70.1 Å². The molecule has 1 aromatic rings. The van der Waals surface area contributed by atoms with Crippen molar-refractivity contribution >= 4 is 17.4 Å². The fourth-order valence-electron chi connectivity index (χ4n) is 0.294. The summed E-state index contributed by atoms with van der Waals surface area (Å²) in [6.45, 7) is 0. The number of rotatable bonds is 1. The average Bonchev–Trinajstić information content (AvgIpc) is 2.12. The lowest BCUT2D eigenvalue weighted by atomic mass is 10.5. The zero-order valence-corrected chi connectivity index (χ0v) is 4.73. The summed E-state index contributed by atoms with van der Waals surface area (Å²) in [5, 5.41) is 3.99. The average molecular weight is 130 g/mol. The smallest absolute Gasteiger partial charge is 0.316 e. The first-order valence-electron chi connectivity index (χ1n) is 1.92. The van der Waals surface area contributed by atoms with Crippen molar-refractivity contribution in [2.45, 2.75) is 0 Å². The van der Waals surface area contributed by atoms with Crippen LogP contribution in [0.15, 0.2) is 5.38 Å². The van der Waals surface area contributed by atoms with E-state index in [0.29, 0.717) is 5.69 Å². The third kappa shape index (κ3) is 0.812. The molecular formula is C3H4N3OS+. The van der Waals surface area contributed by atoms with Crippen LogP contribution in [0.3, 0.4) is 0 Å². The molecule has 3 N–H and O–H groups in total. The van der Waals surface area contributed by atoms with Gasteiger partial charge in [0.1, 0.15) is 0 Å². The first-order valence-corrected chi connectivity index (χ1v) is 2.76. The number of carbonyl (C=O) groups is 1. The molecule has 0 saturated carbocycles. The molecule has 0 bridgehead atoms. The Balaban J connectivity index is 2.93. The van der Waals surface area contributed by atoms with E-state index >= 15 is 0 Å². The van der Waals surface area contributed by atoms with Crippen molar-refractivity contribution in [3.63, 3.8) is 0 Å². The van der Waals surface area contributed by atoms with Gasteiger partial charge in [-0.05, 0) is 0 Å². The molecule has 0 aliphatic carbocycles. The van der Waals surface area contributed by atoms with Crippen LogP contribution in [0.4, 0.5) is 0 Å². The van der Waals surface area contributed by atoms with Crippen LogP contribution in [0.1, 0.15) is 10.5 Å². The molecule has 5 heteroatoms. The highest BCUT2D eigenvalue weighted by molar-refractivity contribution is 7.03. The highest BCUT2D eigenvalue weighted by atomic mass is 32.1. The minimum absolute atomic E-state index is 0.356. The minimum atomic E-state index is -0.473. The van der Waals surface area contributed by atoms with E-state index in [4.69, 9.17) is 5.73 Å². The van der Waals surface area contributed by atoms with E-state index in [2.05, 4.69) is 9.59 Å². The van der Waals surface area contributed by atoms with E-state index in [1.807, 2.05) is 0 Å². The van der Waals surface area contributed by atoms with Crippen LogP contribution in [0.25, 0.3) is 0 Å². The van der Waals surface area contributed by atoms with Crippen LogP contribution in [0.5, 0.6) is 0 Å². The van der Waals surface area contributed by atoms with Crippen LogP contribution in [0, 0.1) is 0 Å². The molecule has 0 aliphatic rings. The number of aromatic amines is 1. The molecule has 0 saturated heterocycles. The second kappa shape index (κ2) is 1.87. The molecule has 4 nitrogen and oxygen atoms in total. The standard InChI is InChI=1S/C3H3N3OS/c4-3(7)2-1-8-6-5-2/h1H,(H2,4,7)/p+1. The first-order chi connectivity index (χ1) is 3.80. The Labute approximate surface area is 49.5 Å². The summed E-state index contributed by atoms with van der Waals surface area (Å²) in [5.74, 6) is -0.473. The number of hydrogen-bond donors (Lipinski definition) is 1. The Bertz CT molecular complexity index is 182. The van der Waals surface area contributed by atoms with Gasteiger partial charge in [0.15, 0.2) is 0 Å². The molecule has 8 heavy (non-hydrogen) atoms. The number of H-pyrrole nitrogens is 1. The molecule has 0 radical (unpaired) electrons. The van der Waals surface area contributed by atoms with Gasteiger partial charge in [0.25, 0.3) is 0 Å². The number of aromatic nitrogens is 2. The molecule has 1 aromatic heterocycles. The number of primary amides is 1. The second-order valence-electron chi connectivity index (χ2n) is 1.20. The Morgan fingerprint density at radius 1 is 2.00 bits per heavy atom. The Kier molecular flexibility index (Phi) is 1.21. The van der Waals surface area contributed by atoms with Crippen molar-refractivity contribution < 1.29 is 9.89 Å². The van der Waals surface area contributed by atoms with Gasteiger partial charge in [0, 0.05) is 11.5 Å². The molecular weight excluding hydrogens is 126 g/mol. The van der Waals surface area contributed by atoms with E-state index in [1.54, 1.807) is 5.38 Å². The number of nitrogens with zero attached hydrogens (tertiary/aromatic N) is 1. The third-order valence-electron chi connectivity index (χ3n) is 0.655. The summed E-state index contributed by atoms with van der Waals surface area (Å²) in [7, 11) is 0. The predicted octanol–water partition coefficient (Wildman–Crippen LogP) is -0.944. The lowest BCUT2D eigenvalue weighted by Crippen LogP contribution is -2.21. The summed E-state index contributed by atoms with van der Waals surface area (Å²) >= 11 is 1.16. The molecule has 0 atom stereocenters. The zero-order chi connectivity index (χ0) is 5.98. The van der Waals surface area contributed by atoms with Crippen molar-refractivity contribution in [1.82, 2.24) is 4.49 Å². The highest BCUT2D eigenvalue weighted by Gasteiger charge is 2.08. The lowest BCUT2D eigenvalue weighted by Gasteiger charge is -1.70.